The van der Waals surface area contributed by atoms with Gasteiger partial charge in [0.25, 0.3) is 0 Å². The second kappa shape index (κ2) is 7.94. The van der Waals surface area contributed by atoms with E-state index in [2.05, 4.69) is 0 Å². The predicted molar refractivity (Wildman–Crippen MR) is 98.5 cm³/mol. The molecule has 0 spiro atoms. The van der Waals surface area contributed by atoms with Crippen LogP contribution in [0.2, 0.25) is 10.0 Å². The fraction of sp³-hybridized carbons (Fsp3) is 0.0500. The fourth-order valence-electron chi connectivity index (χ4n) is 2.23. The summed E-state index contributed by atoms with van der Waals surface area (Å²) in [6.45, 7) is 0.385. The molecule has 25 heavy (non-hydrogen) atoms. The summed E-state index contributed by atoms with van der Waals surface area (Å²) in [7, 11) is 0. The van der Waals surface area contributed by atoms with E-state index >= 15 is 0 Å². The number of nitrogens with zero attached hydrogens (tertiary/aromatic N) is 1. The molecule has 0 saturated carbocycles. The van der Waals surface area contributed by atoms with Crippen LogP contribution in [-0.2, 0) is 6.61 Å². The van der Waals surface area contributed by atoms with Crippen molar-refractivity contribution in [1.29, 1.82) is 5.26 Å². The van der Waals surface area contributed by atoms with E-state index in [9.17, 15) is 0 Å². The summed E-state index contributed by atoms with van der Waals surface area (Å²) in [5.41, 5.74) is 1.45. The molecule has 124 valence electrons. The average Bonchev–Trinajstić information content (AvgIpc) is 2.62. The maximum atomic E-state index is 9.05. The third kappa shape index (κ3) is 4.67. The fourth-order valence-corrected chi connectivity index (χ4v) is 2.61. The molecule has 3 aromatic carbocycles. The molecule has 0 N–H and O–H groups in total. The molecule has 3 nitrogen and oxygen atoms in total. The Hall–Kier alpha value is -2.67. The number of hydrogen-bond donors (Lipinski definition) is 0. The van der Waals surface area contributed by atoms with Gasteiger partial charge in [0.2, 0.25) is 0 Å². The second-order valence-electron chi connectivity index (χ2n) is 5.25. The Morgan fingerprint density at radius 1 is 0.840 bits per heavy atom. The monoisotopic (exact) mass is 369 g/mol. The molecule has 5 heteroatoms. The lowest BCUT2D eigenvalue weighted by Crippen LogP contribution is -1.97. The van der Waals surface area contributed by atoms with Gasteiger partial charge < -0.3 is 9.47 Å². The molecule has 0 amide bonds. The number of hydrogen-bond acceptors (Lipinski definition) is 3. The van der Waals surface area contributed by atoms with E-state index in [1.165, 1.54) is 0 Å². The smallest absolute Gasteiger partial charge is 0.169 e. The molecule has 0 saturated heterocycles. The summed E-state index contributed by atoms with van der Waals surface area (Å²) in [6.07, 6.45) is 0. The zero-order chi connectivity index (χ0) is 17.6. The normalized spacial score (nSPS) is 10.1. The van der Waals surface area contributed by atoms with Gasteiger partial charge in [-0.25, -0.2) is 0 Å². The summed E-state index contributed by atoms with van der Waals surface area (Å²) in [5, 5.41) is 10.0. The summed E-state index contributed by atoms with van der Waals surface area (Å²) >= 11 is 12.1. The summed E-state index contributed by atoms with van der Waals surface area (Å²) in [6, 6.07) is 21.8. The van der Waals surface area contributed by atoms with Crippen LogP contribution in [0.25, 0.3) is 0 Å². The Labute approximate surface area is 156 Å². The minimum atomic E-state index is 0.385. The molecular weight excluding hydrogens is 357 g/mol. The van der Waals surface area contributed by atoms with Gasteiger partial charge >= 0.3 is 0 Å². The van der Waals surface area contributed by atoms with Gasteiger partial charge in [0.05, 0.1) is 11.6 Å². The van der Waals surface area contributed by atoms with Crippen LogP contribution in [0.1, 0.15) is 11.1 Å². The van der Waals surface area contributed by atoms with E-state index in [0.717, 1.165) is 5.56 Å². The zero-order valence-corrected chi connectivity index (χ0v) is 14.6. The van der Waals surface area contributed by atoms with Gasteiger partial charge in [-0.05, 0) is 35.9 Å². The number of nitriles is 1. The van der Waals surface area contributed by atoms with Crippen LogP contribution in [0.15, 0.2) is 66.7 Å². The van der Waals surface area contributed by atoms with Crippen molar-refractivity contribution in [2.75, 3.05) is 0 Å². The van der Waals surface area contributed by atoms with Gasteiger partial charge in [0, 0.05) is 16.1 Å². The number of rotatable bonds is 5. The standard InChI is InChI=1S/C20H13Cl2NO2/c21-16-6-7-19(25-18-9-15(12-23)8-17(22)10-18)20(11-16)24-13-14-4-2-1-3-5-14/h1-11H,13H2. The molecule has 0 heterocycles. The first-order chi connectivity index (χ1) is 12.1. The molecule has 0 aliphatic carbocycles. The maximum Gasteiger partial charge on any atom is 0.169 e. The minimum absolute atomic E-state index is 0.385. The highest BCUT2D eigenvalue weighted by Gasteiger charge is 2.09. The lowest BCUT2D eigenvalue weighted by molar-refractivity contribution is 0.291. The van der Waals surface area contributed by atoms with E-state index in [1.54, 1.807) is 36.4 Å². The van der Waals surface area contributed by atoms with E-state index in [4.69, 9.17) is 37.9 Å². The number of ether oxygens (including phenoxy) is 2. The van der Waals surface area contributed by atoms with Gasteiger partial charge in [-0.3, -0.25) is 0 Å². The van der Waals surface area contributed by atoms with Crippen LogP contribution >= 0.6 is 23.2 Å². The molecule has 0 fully saturated rings. The first-order valence-corrected chi connectivity index (χ1v) is 8.24. The highest BCUT2D eigenvalue weighted by Crippen LogP contribution is 2.35. The van der Waals surface area contributed by atoms with Crippen LogP contribution in [-0.4, -0.2) is 0 Å². The molecule has 0 aliphatic heterocycles. The van der Waals surface area contributed by atoms with Crippen molar-refractivity contribution in [2.45, 2.75) is 6.61 Å². The summed E-state index contributed by atoms with van der Waals surface area (Å²) in [4.78, 5) is 0. The van der Waals surface area contributed by atoms with Gasteiger partial charge in [-0.1, -0.05) is 53.5 Å². The quantitative estimate of drug-likeness (QED) is 0.534. The number of benzene rings is 3. The molecule has 0 radical (unpaired) electrons. The Balaban J connectivity index is 1.84. The summed E-state index contributed by atoms with van der Waals surface area (Å²) in [5.74, 6) is 1.46. The highest BCUT2D eigenvalue weighted by molar-refractivity contribution is 6.31. The van der Waals surface area contributed by atoms with E-state index < -0.39 is 0 Å². The van der Waals surface area contributed by atoms with Gasteiger partial charge in [0.15, 0.2) is 11.5 Å². The maximum absolute atomic E-state index is 9.05. The van der Waals surface area contributed by atoms with Crippen LogP contribution < -0.4 is 9.47 Å². The van der Waals surface area contributed by atoms with Crippen LogP contribution in [0, 0.1) is 11.3 Å². The molecule has 0 aromatic heterocycles. The van der Waals surface area contributed by atoms with Gasteiger partial charge in [-0.15, -0.1) is 0 Å². The average molecular weight is 370 g/mol. The van der Waals surface area contributed by atoms with Crippen molar-refractivity contribution in [2.24, 2.45) is 0 Å². The molecule has 0 bridgehead atoms. The molecular formula is C20H13Cl2NO2. The van der Waals surface area contributed by atoms with Crippen molar-refractivity contribution in [3.05, 3.63) is 87.9 Å². The topological polar surface area (TPSA) is 42.2 Å². The highest BCUT2D eigenvalue weighted by atomic mass is 35.5. The van der Waals surface area contributed by atoms with Gasteiger partial charge in [0.1, 0.15) is 12.4 Å². The predicted octanol–water partition coefficient (Wildman–Crippen LogP) is 6.24. The first-order valence-electron chi connectivity index (χ1n) is 7.49. The lowest BCUT2D eigenvalue weighted by Gasteiger charge is -2.13. The lowest BCUT2D eigenvalue weighted by atomic mass is 10.2. The Bertz CT molecular complexity index is 921. The zero-order valence-electron chi connectivity index (χ0n) is 13.1. The summed E-state index contributed by atoms with van der Waals surface area (Å²) < 4.78 is 11.7. The van der Waals surface area contributed by atoms with Crippen LogP contribution in [0.3, 0.4) is 0 Å². The SMILES string of the molecule is N#Cc1cc(Cl)cc(Oc2ccc(Cl)cc2OCc2ccccc2)c1. The van der Waals surface area contributed by atoms with Crippen molar-refractivity contribution in [1.82, 2.24) is 0 Å². The molecule has 3 rings (SSSR count). The largest absolute Gasteiger partial charge is 0.485 e. The van der Waals surface area contributed by atoms with E-state index in [0.29, 0.717) is 39.5 Å². The third-order valence-electron chi connectivity index (χ3n) is 3.37. The molecule has 0 unspecified atom stereocenters. The first kappa shape index (κ1) is 17.2. The second-order valence-corrected chi connectivity index (χ2v) is 6.13. The van der Waals surface area contributed by atoms with Crippen molar-refractivity contribution in [3.8, 4) is 23.3 Å². The molecule has 3 aromatic rings. The molecule has 0 atom stereocenters. The van der Waals surface area contributed by atoms with Crippen LogP contribution in [0.4, 0.5) is 0 Å². The third-order valence-corrected chi connectivity index (χ3v) is 3.82. The Morgan fingerprint density at radius 3 is 2.40 bits per heavy atom. The molecule has 0 aliphatic rings. The van der Waals surface area contributed by atoms with Gasteiger partial charge in [-0.2, -0.15) is 5.26 Å². The van der Waals surface area contributed by atoms with Crippen molar-refractivity contribution in [3.63, 3.8) is 0 Å². The van der Waals surface area contributed by atoms with Crippen molar-refractivity contribution < 1.29 is 9.47 Å². The van der Waals surface area contributed by atoms with E-state index in [1.807, 2.05) is 36.4 Å². The van der Waals surface area contributed by atoms with Crippen LogP contribution in [0.5, 0.6) is 17.2 Å². The minimum Gasteiger partial charge on any atom is -0.485 e. The van der Waals surface area contributed by atoms with Crippen molar-refractivity contribution >= 4 is 23.2 Å². The number of halogens is 2. The Morgan fingerprint density at radius 2 is 1.64 bits per heavy atom. The van der Waals surface area contributed by atoms with E-state index in [-0.39, 0.29) is 0 Å². The Kier molecular flexibility index (Phi) is 5.45.